The van der Waals surface area contributed by atoms with Crippen molar-refractivity contribution in [2.45, 2.75) is 6.54 Å². The Balaban J connectivity index is 2.32. The number of nitrogens with zero attached hydrogens (tertiary/aromatic N) is 2. The average molecular weight is 282 g/mol. The smallest absolute Gasteiger partial charge is 0.165 e. The lowest BCUT2D eigenvalue weighted by Crippen LogP contribution is -2.18. The summed E-state index contributed by atoms with van der Waals surface area (Å²) in [5.74, 6) is 1.43. The number of methoxy groups -OCH3 is 2. The van der Waals surface area contributed by atoms with E-state index in [1.807, 2.05) is 54.4 Å². The van der Waals surface area contributed by atoms with Crippen LogP contribution in [0.5, 0.6) is 11.5 Å². The van der Waals surface area contributed by atoms with Crippen molar-refractivity contribution in [2.24, 2.45) is 0 Å². The van der Waals surface area contributed by atoms with Gasteiger partial charge in [-0.25, -0.2) is 0 Å². The fourth-order valence-electron chi connectivity index (χ4n) is 2.32. The molecule has 0 aromatic heterocycles. The summed E-state index contributed by atoms with van der Waals surface area (Å²) in [6.07, 6.45) is 0. The van der Waals surface area contributed by atoms with Crippen molar-refractivity contribution in [1.82, 2.24) is 0 Å². The molecule has 4 heteroatoms. The summed E-state index contributed by atoms with van der Waals surface area (Å²) in [6, 6.07) is 15.5. The van der Waals surface area contributed by atoms with Gasteiger partial charge in [0.15, 0.2) is 11.5 Å². The van der Waals surface area contributed by atoms with Gasteiger partial charge in [0.1, 0.15) is 6.07 Å². The molecule has 0 atom stereocenters. The first kappa shape index (κ1) is 14.7. The van der Waals surface area contributed by atoms with Gasteiger partial charge in [-0.1, -0.05) is 24.3 Å². The second-order valence-corrected chi connectivity index (χ2v) is 4.64. The van der Waals surface area contributed by atoms with Crippen LogP contribution in [0, 0.1) is 11.3 Å². The van der Waals surface area contributed by atoms with Crippen LogP contribution in [0.2, 0.25) is 0 Å². The van der Waals surface area contributed by atoms with E-state index in [0.29, 0.717) is 17.9 Å². The highest BCUT2D eigenvalue weighted by molar-refractivity contribution is 5.59. The summed E-state index contributed by atoms with van der Waals surface area (Å²) in [5.41, 5.74) is 2.55. The molecule has 2 rings (SSSR count). The van der Waals surface area contributed by atoms with Crippen molar-refractivity contribution in [3.63, 3.8) is 0 Å². The number of benzene rings is 2. The zero-order chi connectivity index (χ0) is 15.2. The molecule has 0 unspecified atom stereocenters. The second kappa shape index (κ2) is 6.67. The van der Waals surface area contributed by atoms with Gasteiger partial charge in [0.05, 0.1) is 25.5 Å². The lowest BCUT2D eigenvalue weighted by molar-refractivity contribution is 0.351. The summed E-state index contributed by atoms with van der Waals surface area (Å²) in [6.45, 7) is 0.624. The van der Waals surface area contributed by atoms with Gasteiger partial charge in [0.25, 0.3) is 0 Å². The minimum absolute atomic E-state index is 0.624. The molecule has 0 saturated heterocycles. The van der Waals surface area contributed by atoms with Gasteiger partial charge >= 0.3 is 0 Å². The molecule has 0 saturated carbocycles. The molecular formula is C17H18N2O2. The maximum absolute atomic E-state index is 9.19. The van der Waals surface area contributed by atoms with Crippen LogP contribution >= 0.6 is 0 Å². The summed E-state index contributed by atoms with van der Waals surface area (Å²) < 4.78 is 10.8. The largest absolute Gasteiger partial charge is 0.493 e. The van der Waals surface area contributed by atoms with Crippen molar-refractivity contribution >= 4 is 5.69 Å². The minimum Gasteiger partial charge on any atom is -0.493 e. The van der Waals surface area contributed by atoms with Crippen molar-refractivity contribution in [3.8, 4) is 17.6 Å². The molecule has 0 spiro atoms. The van der Waals surface area contributed by atoms with Gasteiger partial charge < -0.3 is 14.4 Å². The zero-order valence-corrected chi connectivity index (χ0v) is 12.5. The van der Waals surface area contributed by atoms with Gasteiger partial charge in [-0.3, -0.25) is 0 Å². The summed E-state index contributed by atoms with van der Waals surface area (Å²) in [5, 5.41) is 9.19. The number of hydrogen-bond donors (Lipinski definition) is 0. The number of nitriles is 1. The van der Waals surface area contributed by atoms with E-state index in [-0.39, 0.29) is 0 Å². The lowest BCUT2D eigenvalue weighted by atomic mass is 10.1. The number of para-hydroxylation sites is 2. The molecule has 0 aliphatic heterocycles. The van der Waals surface area contributed by atoms with Gasteiger partial charge in [0.2, 0.25) is 0 Å². The Hall–Kier alpha value is -2.67. The molecule has 0 radical (unpaired) electrons. The Morgan fingerprint density at radius 2 is 1.81 bits per heavy atom. The van der Waals surface area contributed by atoms with Gasteiger partial charge in [0, 0.05) is 19.2 Å². The monoisotopic (exact) mass is 282 g/mol. The van der Waals surface area contributed by atoms with E-state index in [0.717, 1.165) is 17.0 Å². The van der Waals surface area contributed by atoms with E-state index < -0.39 is 0 Å². The zero-order valence-electron chi connectivity index (χ0n) is 12.5. The van der Waals surface area contributed by atoms with Crippen molar-refractivity contribution < 1.29 is 9.47 Å². The molecule has 0 heterocycles. The molecule has 108 valence electrons. The lowest BCUT2D eigenvalue weighted by Gasteiger charge is -2.22. The summed E-state index contributed by atoms with van der Waals surface area (Å²) in [4.78, 5) is 2.02. The second-order valence-electron chi connectivity index (χ2n) is 4.64. The van der Waals surface area contributed by atoms with Crippen LogP contribution in [0.15, 0.2) is 42.5 Å². The van der Waals surface area contributed by atoms with Crippen molar-refractivity contribution in [3.05, 3.63) is 53.6 Å². The van der Waals surface area contributed by atoms with Gasteiger partial charge in [-0.15, -0.1) is 0 Å². The summed E-state index contributed by atoms with van der Waals surface area (Å²) in [7, 11) is 5.20. The molecule has 2 aromatic rings. The van der Waals surface area contributed by atoms with E-state index in [1.54, 1.807) is 14.2 Å². The molecular weight excluding hydrogens is 264 g/mol. The molecule has 21 heavy (non-hydrogen) atoms. The highest BCUT2D eigenvalue weighted by Gasteiger charge is 2.13. The molecule has 0 bridgehead atoms. The molecule has 4 nitrogen and oxygen atoms in total. The van der Waals surface area contributed by atoms with E-state index >= 15 is 0 Å². The average Bonchev–Trinajstić information content (AvgIpc) is 2.54. The van der Waals surface area contributed by atoms with E-state index in [4.69, 9.17) is 9.47 Å². The molecule has 0 fully saturated rings. The predicted molar refractivity (Wildman–Crippen MR) is 82.8 cm³/mol. The SMILES string of the molecule is COc1cccc(CN(C)c2ccccc2C#N)c1OC. The van der Waals surface area contributed by atoms with Crippen molar-refractivity contribution in [2.75, 3.05) is 26.2 Å². The first-order chi connectivity index (χ1) is 10.2. The number of rotatable bonds is 5. The van der Waals surface area contributed by atoms with Gasteiger partial charge in [-0.2, -0.15) is 5.26 Å². The van der Waals surface area contributed by atoms with Crippen LogP contribution in [0.1, 0.15) is 11.1 Å². The van der Waals surface area contributed by atoms with E-state index in [2.05, 4.69) is 6.07 Å². The number of hydrogen-bond acceptors (Lipinski definition) is 4. The third-order valence-corrected chi connectivity index (χ3v) is 3.33. The van der Waals surface area contributed by atoms with Crippen LogP contribution in [-0.2, 0) is 6.54 Å². The quantitative estimate of drug-likeness (QED) is 0.844. The fourth-order valence-corrected chi connectivity index (χ4v) is 2.32. The standard InChI is InChI=1S/C17H18N2O2/c1-19(15-9-5-4-7-13(15)11-18)12-14-8-6-10-16(20-2)17(14)21-3/h4-10H,12H2,1-3H3. The first-order valence-corrected chi connectivity index (χ1v) is 6.61. The Morgan fingerprint density at radius 3 is 2.48 bits per heavy atom. The highest BCUT2D eigenvalue weighted by atomic mass is 16.5. The molecule has 2 aromatic carbocycles. The predicted octanol–water partition coefficient (Wildman–Crippen LogP) is 3.21. The highest BCUT2D eigenvalue weighted by Crippen LogP contribution is 2.32. The van der Waals surface area contributed by atoms with Crippen LogP contribution in [-0.4, -0.2) is 21.3 Å². The topological polar surface area (TPSA) is 45.5 Å². The summed E-state index contributed by atoms with van der Waals surface area (Å²) >= 11 is 0. The third kappa shape index (κ3) is 3.09. The van der Waals surface area contributed by atoms with Crippen LogP contribution < -0.4 is 14.4 Å². The molecule has 0 aliphatic rings. The fraction of sp³-hybridized carbons (Fsp3) is 0.235. The number of anilines is 1. The Kier molecular flexibility index (Phi) is 4.68. The molecule has 0 N–H and O–H groups in total. The molecule has 0 aliphatic carbocycles. The Labute approximate surface area is 125 Å². The van der Waals surface area contributed by atoms with Crippen LogP contribution in [0.3, 0.4) is 0 Å². The van der Waals surface area contributed by atoms with E-state index in [9.17, 15) is 5.26 Å². The Morgan fingerprint density at radius 1 is 1.05 bits per heavy atom. The number of ether oxygens (including phenoxy) is 2. The maximum Gasteiger partial charge on any atom is 0.165 e. The third-order valence-electron chi connectivity index (χ3n) is 3.33. The Bertz CT molecular complexity index is 662. The van der Waals surface area contributed by atoms with Crippen LogP contribution in [0.4, 0.5) is 5.69 Å². The van der Waals surface area contributed by atoms with E-state index in [1.165, 1.54) is 0 Å². The minimum atomic E-state index is 0.624. The normalized spacial score (nSPS) is 9.81. The van der Waals surface area contributed by atoms with Gasteiger partial charge in [-0.05, 0) is 18.2 Å². The first-order valence-electron chi connectivity index (χ1n) is 6.61. The van der Waals surface area contributed by atoms with Crippen molar-refractivity contribution in [1.29, 1.82) is 5.26 Å². The molecule has 0 amide bonds. The maximum atomic E-state index is 9.19. The van der Waals surface area contributed by atoms with Crippen LogP contribution in [0.25, 0.3) is 0 Å².